The van der Waals surface area contributed by atoms with Crippen molar-refractivity contribution in [1.82, 2.24) is 5.32 Å². The molecule has 16 heavy (non-hydrogen) atoms. The monoisotopic (exact) mass is 260 g/mol. The van der Waals surface area contributed by atoms with Crippen LogP contribution in [-0.2, 0) is 0 Å². The largest absolute Gasteiger partial charge is 0.362 e. The summed E-state index contributed by atoms with van der Waals surface area (Å²) in [6.45, 7) is 7.73. The molecule has 0 radical (unpaired) electrons. The second-order valence-electron chi connectivity index (χ2n) is 4.21. The summed E-state index contributed by atoms with van der Waals surface area (Å²) < 4.78 is 0. The minimum atomic E-state index is 0.561. The number of amidine groups is 1. The normalized spacial score (nSPS) is 21.9. The number of thioether (sulfide) groups is 2. The van der Waals surface area contributed by atoms with Gasteiger partial charge in [-0.15, -0.1) is 0 Å². The Morgan fingerprint density at radius 2 is 2.38 bits per heavy atom. The minimum absolute atomic E-state index is 0.561. The van der Waals surface area contributed by atoms with Gasteiger partial charge in [0, 0.05) is 11.3 Å². The average Bonchev–Trinajstić information content (AvgIpc) is 2.66. The topological polar surface area (TPSA) is 24.4 Å². The van der Waals surface area contributed by atoms with Gasteiger partial charge in [0.2, 0.25) is 0 Å². The fourth-order valence-electron chi connectivity index (χ4n) is 1.66. The highest BCUT2D eigenvalue weighted by atomic mass is 32.2. The summed E-state index contributed by atoms with van der Waals surface area (Å²) in [5.41, 5.74) is 0. The first-order valence-corrected chi connectivity index (χ1v) is 8.35. The van der Waals surface area contributed by atoms with Crippen LogP contribution in [0, 0.1) is 0 Å². The van der Waals surface area contributed by atoms with Crippen LogP contribution in [0.1, 0.15) is 40.0 Å². The van der Waals surface area contributed by atoms with Crippen LogP contribution in [0.3, 0.4) is 0 Å². The van der Waals surface area contributed by atoms with Crippen LogP contribution in [0.5, 0.6) is 0 Å². The summed E-state index contributed by atoms with van der Waals surface area (Å²) in [6, 6.07) is 0.561. The molecule has 0 aromatic heterocycles. The van der Waals surface area contributed by atoms with Crippen molar-refractivity contribution in [3.8, 4) is 0 Å². The van der Waals surface area contributed by atoms with Gasteiger partial charge in [-0.3, -0.25) is 4.99 Å². The molecule has 1 aliphatic rings. The number of nitrogens with zero attached hydrogens (tertiary/aromatic N) is 1. The molecule has 2 nitrogen and oxygen atoms in total. The molecule has 0 bridgehead atoms. The molecule has 2 atom stereocenters. The van der Waals surface area contributed by atoms with Crippen molar-refractivity contribution in [1.29, 1.82) is 0 Å². The van der Waals surface area contributed by atoms with Gasteiger partial charge < -0.3 is 5.32 Å². The third-order valence-electron chi connectivity index (χ3n) is 2.60. The van der Waals surface area contributed by atoms with Crippen molar-refractivity contribution in [3.05, 3.63) is 0 Å². The lowest BCUT2D eigenvalue weighted by molar-refractivity contribution is 0.651. The van der Waals surface area contributed by atoms with Crippen molar-refractivity contribution in [2.45, 2.75) is 51.3 Å². The summed E-state index contributed by atoms with van der Waals surface area (Å²) in [6.07, 6.45) is 3.79. The molecular weight excluding hydrogens is 236 g/mol. The van der Waals surface area contributed by atoms with E-state index >= 15 is 0 Å². The standard InChI is InChI=1S/C12H24N2S2/c1-4-6-11-9-13-12(16-11)14-10(3)7-8-15-5-2/h10-11H,4-9H2,1-3H3,(H,13,14). The van der Waals surface area contributed by atoms with Crippen LogP contribution >= 0.6 is 23.5 Å². The highest BCUT2D eigenvalue weighted by Crippen LogP contribution is 2.23. The fourth-order valence-corrected chi connectivity index (χ4v) is 3.70. The zero-order valence-corrected chi connectivity index (χ0v) is 12.3. The smallest absolute Gasteiger partial charge is 0.157 e. The SMILES string of the molecule is CCCC1CN=C(NC(C)CCSCC)S1. The Morgan fingerprint density at radius 3 is 3.06 bits per heavy atom. The van der Waals surface area contributed by atoms with E-state index in [0.29, 0.717) is 6.04 Å². The maximum Gasteiger partial charge on any atom is 0.157 e. The van der Waals surface area contributed by atoms with E-state index in [4.69, 9.17) is 0 Å². The first-order valence-electron chi connectivity index (χ1n) is 6.31. The van der Waals surface area contributed by atoms with E-state index in [0.717, 1.165) is 11.8 Å². The molecule has 4 heteroatoms. The van der Waals surface area contributed by atoms with E-state index in [9.17, 15) is 0 Å². The highest BCUT2D eigenvalue weighted by molar-refractivity contribution is 8.14. The predicted molar refractivity (Wildman–Crippen MR) is 78.8 cm³/mol. The summed E-state index contributed by atoms with van der Waals surface area (Å²) in [4.78, 5) is 4.57. The second kappa shape index (κ2) is 8.29. The summed E-state index contributed by atoms with van der Waals surface area (Å²) >= 11 is 3.95. The molecule has 0 spiro atoms. The van der Waals surface area contributed by atoms with E-state index in [1.165, 1.54) is 35.9 Å². The fraction of sp³-hybridized carbons (Fsp3) is 0.917. The molecule has 0 saturated heterocycles. The van der Waals surface area contributed by atoms with Gasteiger partial charge in [0.25, 0.3) is 0 Å². The van der Waals surface area contributed by atoms with Gasteiger partial charge in [0.15, 0.2) is 5.17 Å². The quantitative estimate of drug-likeness (QED) is 0.710. The van der Waals surface area contributed by atoms with Crippen molar-refractivity contribution in [2.75, 3.05) is 18.1 Å². The summed E-state index contributed by atoms with van der Waals surface area (Å²) in [5.74, 6) is 2.47. The van der Waals surface area contributed by atoms with Crippen LogP contribution in [0.2, 0.25) is 0 Å². The van der Waals surface area contributed by atoms with Gasteiger partial charge >= 0.3 is 0 Å². The third-order valence-corrected chi connectivity index (χ3v) is 4.72. The van der Waals surface area contributed by atoms with Crippen LogP contribution in [0.4, 0.5) is 0 Å². The van der Waals surface area contributed by atoms with Crippen LogP contribution in [0.25, 0.3) is 0 Å². The highest BCUT2D eigenvalue weighted by Gasteiger charge is 2.19. The number of nitrogens with one attached hydrogen (secondary N) is 1. The van der Waals surface area contributed by atoms with Crippen LogP contribution in [0.15, 0.2) is 4.99 Å². The molecule has 0 saturated carbocycles. The Morgan fingerprint density at radius 1 is 1.56 bits per heavy atom. The Balaban J connectivity index is 2.13. The first-order chi connectivity index (χ1) is 7.76. The van der Waals surface area contributed by atoms with Gasteiger partial charge in [-0.05, 0) is 31.3 Å². The predicted octanol–water partition coefficient (Wildman–Crippen LogP) is 3.38. The second-order valence-corrected chi connectivity index (χ2v) is 6.89. The molecule has 1 aliphatic heterocycles. The molecule has 0 aliphatic carbocycles. The molecule has 94 valence electrons. The molecule has 1 rings (SSSR count). The Hall–Kier alpha value is 0.170. The first kappa shape index (κ1) is 14.2. The Bertz CT molecular complexity index is 219. The van der Waals surface area contributed by atoms with Gasteiger partial charge in [0.1, 0.15) is 0 Å². The lowest BCUT2D eigenvalue weighted by Crippen LogP contribution is -2.30. The van der Waals surface area contributed by atoms with E-state index in [1.54, 1.807) is 0 Å². The molecule has 1 N–H and O–H groups in total. The van der Waals surface area contributed by atoms with E-state index < -0.39 is 0 Å². The van der Waals surface area contributed by atoms with Crippen LogP contribution < -0.4 is 5.32 Å². The van der Waals surface area contributed by atoms with Gasteiger partial charge in [-0.2, -0.15) is 11.8 Å². The summed E-state index contributed by atoms with van der Waals surface area (Å²) in [7, 11) is 0. The number of hydrogen-bond acceptors (Lipinski definition) is 4. The molecule has 1 heterocycles. The molecule has 0 amide bonds. The van der Waals surface area contributed by atoms with Crippen molar-refractivity contribution in [3.63, 3.8) is 0 Å². The van der Waals surface area contributed by atoms with Crippen molar-refractivity contribution >= 4 is 28.7 Å². The molecule has 0 aromatic rings. The zero-order chi connectivity index (χ0) is 11.8. The molecule has 0 aromatic carbocycles. The molecule has 2 unspecified atom stereocenters. The lowest BCUT2D eigenvalue weighted by atomic mass is 10.2. The van der Waals surface area contributed by atoms with Gasteiger partial charge in [-0.1, -0.05) is 32.0 Å². The number of hydrogen-bond donors (Lipinski definition) is 1. The van der Waals surface area contributed by atoms with E-state index in [1.807, 2.05) is 23.5 Å². The number of rotatable bonds is 7. The van der Waals surface area contributed by atoms with E-state index in [-0.39, 0.29) is 0 Å². The molecular formula is C12H24N2S2. The third kappa shape index (κ3) is 5.48. The van der Waals surface area contributed by atoms with Crippen molar-refractivity contribution < 1.29 is 0 Å². The van der Waals surface area contributed by atoms with Crippen LogP contribution in [-0.4, -0.2) is 34.5 Å². The molecule has 0 fully saturated rings. The van der Waals surface area contributed by atoms with Gasteiger partial charge in [0.05, 0.1) is 6.54 Å². The lowest BCUT2D eigenvalue weighted by Gasteiger charge is -2.14. The maximum absolute atomic E-state index is 4.57. The summed E-state index contributed by atoms with van der Waals surface area (Å²) in [5, 5.41) is 5.43. The van der Waals surface area contributed by atoms with Crippen molar-refractivity contribution in [2.24, 2.45) is 4.99 Å². The Kier molecular flexibility index (Phi) is 7.37. The average molecular weight is 260 g/mol. The van der Waals surface area contributed by atoms with Gasteiger partial charge in [-0.25, -0.2) is 0 Å². The minimum Gasteiger partial charge on any atom is -0.362 e. The Labute approximate surface area is 108 Å². The maximum atomic E-state index is 4.57. The number of aliphatic imine (C=N–C) groups is 1. The zero-order valence-electron chi connectivity index (χ0n) is 10.7. The van der Waals surface area contributed by atoms with E-state index in [2.05, 4.69) is 31.1 Å².